The first-order chi connectivity index (χ1) is 14.5. The maximum atomic E-state index is 11.4. The average Bonchev–Trinajstić information content (AvgIpc) is 2.68. The third kappa shape index (κ3) is 23.7. The molecule has 0 saturated heterocycles. The topological polar surface area (TPSA) is 35.5 Å². The van der Waals surface area contributed by atoms with Gasteiger partial charge >= 0.3 is 6.16 Å². The van der Waals surface area contributed by atoms with E-state index in [2.05, 4.69) is 79.8 Å². The van der Waals surface area contributed by atoms with Crippen LogP contribution in [0.25, 0.3) is 0 Å². The van der Waals surface area contributed by atoms with E-state index in [9.17, 15) is 4.79 Å². The number of rotatable bonds is 15. The second-order valence-corrected chi connectivity index (χ2v) is 7.87. The van der Waals surface area contributed by atoms with E-state index in [1.165, 1.54) is 0 Å². The summed E-state index contributed by atoms with van der Waals surface area (Å²) in [6.45, 7) is 8.02. The highest BCUT2D eigenvalue weighted by molar-refractivity contribution is 5.60. The molecule has 0 bridgehead atoms. The molecule has 0 aromatic rings. The summed E-state index contributed by atoms with van der Waals surface area (Å²) < 4.78 is 10.1. The number of hydrogen-bond donors (Lipinski definition) is 0. The molecule has 0 N–H and O–H groups in total. The maximum Gasteiger partial charge on any atom is 0.508 e. The molecule has 0 atom stereocenters. The molecule has 0 heterocycles. The Labute approximate surface area is 184 Å². The summed E-state index contributed by atoms with van der Waals surface area (Å²) >= 11 is 0. The highest BCUT2D eigenvalue weighted by Crippen LogP contribution is 2.08. The van der Waals surface area contributed by atoms with Gasteiger partial charge in [-0.2, -0.15) is 0 Å². The number of carbonyl (C=O) groups is 1. The minimum Gasteiger partial charge on any atom is -0.434 e. The Morgan fingerprint density at radius 1 is 0.667 bits per heavy atom. The van der Waals surface area contributed by atoms with Gasteiger partial charge in [-0.15, -0.1) is 0 Å². The molecule has 3 nitrogen and oxygen atoms in total. The van der Waals surface area contributed by atoms with Crippen LogP contribution in [-0.2, 0) is 9.47 Å². The lowest BCUT2D eigenvalue weighted by molar-refractivity contribution is -0.00738. The lowest BCUT2D eigenvalue weighted by Crippen LogP contribution is -2.24. The molecule has 0 aromatic heterocycles. The summed E-state index contributed by atoms with van der Waals surface area (Å²) in [5.41, 5.74) is -0.502. The Kier molecular flexibility index (Phi) is 18.5. The van der Waals surface area contributed by atoms with Crippen molar-refractivity contribution in [2.24, 2.45) is 0 Å². The second-order valence-electron chi connectivity index (χ2n) is 7.87. The van der Waals surface area contributed by atoms with Gasteiger partial charge in [0.25, 0.3) is 0 Å². The van der Waals surface area contributed by atoms with Crippen molar-refractivity contribution in [3.63, 3.8) is 0 Å². The highest BCUT2D eigenvalue weighted by Gasteiger charge is 2.16. The minimum absolute atomic E-state index is 0.390. The molecule has 30 heavy (non-hydrogen) atoms. The van der Waals surface area contributed by atoms with Crippen LogP contribution in [0.1, 0.15) is 79.1 Å². The van der Waals surface area contributed by atoms with Gasteiger partial charge in [0.15, 0.2) is 0 Å². The van der Waals surface area contributed by atoms with Crippen LogP contribution >= 0.6 is 0 Å². The molecule has 0 aliphatic rings. The fraction of sp³-hybridized carbons (Fsp3) is 0.519. The van der Waals surface area contributed by atoms with Crippen molar-refractivity contribution < 1.29 is 14.3 Å². The van der Waals surface area contributed by atoms with Crippen molar-refractivity contribution in [3.8, 4) is 0 Å². The summed E-state index contributed by atoms with van der Waals surface area (Å²) in [6, 6.07) is 0. The van der Waals surface area contributed by atoms with E-state index < -0.39 is 11.8 Å². The lowest BCUT2D eigenvalue weighted by Gasteiger charge is -2.18. The molecule has 0 amide bonds. The summed E-state index contributed by atoms with van der Waals surface area (Å²) in [5.74, 6) is 0. The Morgan fingerprint density at radius 3 is 1.47 bits per heavy atom. The number of hydrogen-bond acceptors (Lipinski definition) is 3. The van der Waals surface area contributed by atoms with Gasteiger partial charge in [0.2, 0.25) is 0 Å². The molecule has 3 heteroatoms. The van der Waals surface area contributed by atoms with Gasteiger partial charge < -0.3 is 9.47 Å². The van der Waals surface area contributed by atoms with Crippen LogP contribution in [0, 0.1) is 0 Å². The first kappa shape index (κ1) is 27.7. The zero-order valence-electron chi connectivity index (χ0n) is 19.5. The zero-order chi connectivity index (χ0) is 22.3. The summed E-state index contributed by atoms with van der Waals surface area (Å²) in [5, 5.41) is 0. The van der Waals surface area contributed by atoms with E-state index in [4.69, 9.17) is 9.47 Å². The zero-order valence-corrected chi connectivity index (χ0v) is 19.5. The molecule has 0 aliphatic carbocycles. The van der Waals surface area contributed by atoms with Gasteiger partial charge in [0, 0.05) is 0 Å². The van der Waals surface area contributed by atoms with Gasteiger partial charge in [-0.05, 0) is 72.1 Å². The van der Waals surface area contributed by atoms with Crippen LogP contribution in [0.2, 0.25) is 0 Å². The first-order valence-electron chi connectivity index (χ1n) is 11.2. The van der Waals surface area contributed by atoms with Gasteiger partial charge in [-0.3, -0.25) is 0 Å². The normalized spacial score (nSPS) is 13.2. The largest absolute Gasteiger partial charge is 0.508 e. The molecule has 0 radical (unpaired) electrons. The number of unbranched alkanes of at least 4 members (excludes halogenated alkanes) is 1. The molecule has 0 fully saturated rings. The first-order valence-corrected chi connectivity index (χ1v) is 11.2. The average molecular weight is 415 g/mol. The van der Waals surface area contributed by atoms with E-state index in [0.717, 1.165) is 51.4 Å². The van der Waals surface area contributed by atoms with E-state index in [1.54, 1.807) is 0 Å². The molecular formula is C27H42O3. The van der Waals surface area contributed by atoms with Crippen LogP contribution in [-0.4, -0.2) is 18.4 Å². The summed E-state index contributed by atoms with van der Waals surface area (Å²) in [6.07, 6.45) is 33.4. The second kappa shape index (κ2) is 20.0. The molecule has 168 valence electrons. The third-order valence-electron chi connectivity index (χ3n) is 3.72. The third-order valence-corrected chi connectivity index (χ3v) is 3.72. The number of allylic oxidation sites excluding steroid dienone is 12. The standard InChI is InChI=1S/C27H42O3/c1-5-6-7-8-9-10-11-12-13-14-15-16-17-18-19-20-21-22-23-24-25-29-26(28)30-27(2,3)4/h6-7,9-10,12-13,15-16,18-19,21-22H,5,8,11,14,17,20,23-25H2,1-4H3. The molecule has 0 unspecified atom stereocenters. The molecule has 0 saturated carbocycles. The van der Waals surface area contributed by atoms with Crippen molar-refractivity contribution in [1.82, 2.24) is 0 Å². The highest BCUT2D eigenvalue weighted by atomic mass is 16.7. The Balaban J connectivity index is 3.56. The lowest BCUT2D eigenvalue weighted by atomic mass is 10.2. The Morgan fingerprint density at radius 2 is 1.07 bits per heavy atom. The van der Waals surface area contributed by atoms with E-state index in [1.807, 2.05) is 20.8 Å². The molecule has 0 spiro atoms. The van der Waals surface area contributed by atoms with Crippen LogP contribution in [0.5, 0.6) is 0 Å². The van der Waals surface area contributed by atoms with Crippen LogP contribution in [0.4, 0.5) is 4.79 Å². The van der Waals surface area contributed by atoms with Crippen molar-refractivity contribution in [1.29, 1.82) is 0 Å². The van der Waals surface area contributed by atoms with Gasteiger partial charge in [0.05, 0.1) is 6.61 Å². The van der Waals surface area contributed by atoms with Crippen LogP contribution in [0.3, 0.4) is 0 Å². The summed E-state index contributed by atoms with van der Waals surface area (Å²) in [7, 11) is 0. The fourth-order valence-electron chi connectivity index (χ4n) is 2.28. The van der Waals surface area contributed by atoms with Crippen molar-refractivity contribution >= 4 is 6.16 Å². The van der Waals surface area contributed by atoms with Gasteiger partial charge in [0.1, 0.15) is 5.60 Å². The van der Waals surface area contributed by atoms with Gasteiger partial charge in [-0.25, -0.2) is 4.79 Å². The smallest absolute Gasteiger partial charge is 0.434 e. The van der Waals surface area contributed by atoms with Crippen molar-refractivity contribution in [2.45, 2.75) is 84.7 Å². The SMILES string of the molecule is CCC=CCC=CCC=CCC=CCC=CCC=CCCCOC(=O)OC(C)(C)C. The number of ether oxygens (including phenoxy) is 2. The molecule has 0 rings (SSSR count). The quantitative estimate of drug-likeness (QED) is 0.153. The van der Waals surface area contributed by atoms with Gasteiger partial charge in [-0.1, -0.05) is 79.8 Å². The predicted molar refractivity (Wildman–Crippen MR) is 130 cm³/mol. The fourth-order valence-corrected chi connectivity index (χ4v) is 2.28. The maximum absolute atomic E-state index is 11.4. The number of carbonyl (C=O) groups excluding carboxylic acids is 1. The van der Waals surface area contributed by atoms with Crippen molar-refractivity contribution in [2.75, 3.05) is 6.61 Å². The molecule has 0 aliphatic heterocycles. The predicted octanol–water partition coefficient (Wildman–Crippen LogP) is 8.42. The monoisotopic (exact) mass is 414 g/mol. The molecule has 0 aromatic carbocycles. The van der Waals surface area contributed by atoms with E-state index >= 15 is 0 Å². The minimum atomic E-state index is -0.592. The van der Waals surface area contributed by atoms with E-state index in [-0.39, 0.29) is 0 Å². The van der Waals surface area contributed by atoms with Crippen LogP contribution in [0.15, 0.2) is 72.9 Å². The van der Waals surface area contributed by atoms with Crippen molar-refractivity contribution in [3.05, 3.63) is 72.9 Å². The summed E-state index contributed by atoms with van der Waals surface area (Å²) in [4.78, 5) is 11.4. The van der Waals surface area contributed by atoms with E-state index in [0.29, 0.717) is 6.61 Å². The van der Waals surface area contributed by atoms with Crippen LogP contribution < -0.4 is 0 Å². The molecular weight excluding hydrogens is 372 g/mol. The Bertz CT molecular complexity index is 584. The Hall–Kier alpha value is -2.29.